The van der Waals surface area contributed by atoms with Crippen molar-refractivity contribution < 1.29 is 19.0 Å². The van der Waals surface area contributed by atoms with E-state index in [2.05, 4.69) is 0 Å². The molecule has 0 N–H and O–H groups in total. The highest BCUT2D eigenvalue weighted by atomic mass is 16.6. The molecule has 0 spiro atoms. The highest BCUT2D eigenvalue weighted by molar-refractivity contribution is 5.77. The Hall–Kier alpha value is -1.75. The van der Waals surface area contributed by atoms with Crippen LogP contribution in [-0.4, -0.2) is 49.8 Å². The first-order valence-corrected chi connectivity index (χ1v) is 6.98. The molecule has 0 aliphatic carbocycles. The standard InChI is InChI=1S/C15H21NO4/c1-3-16(15(17)11-18-4-2)9-12-10-19-13-7-5-6-8-14(13)20-12/h5-8,12H,3-4,9-11H2,1-2H3. The lowest BCUT2D eigenvalue weighted by Gasteiger charge is -2.30. The maximum absolute atomic E-state index is 12.0. The van der Waals surface area contributed by atoms with E-state index in [1.54, 1.807) is 4.90 Å². The molecule has 0 fully saturated rings. The van der Waals surface area contributed by atoms with Crippen LogP contribution in [0, 0.1) is 0 Å². The molecule has 1 aromatic carbocycles. The molecule has 0 radical (unpaired) electrons. The fourth-order valence-corrected chi connectivity index (χ4v) is 2.09. The van der Waals surface area contributed by atoms with Gasteiger partial charge in [-0.3, -0.25) is 4.79 Å². The first kappa shape index (κ1) is 14.7. The average Bonchev–Trinajstić information content (AvgIpc) is 2.50. The second kappa shape index (κ2) is 7.14. The van der Waals surface area contributed by atoms with E-state index < -0.39 is 0 Å². The number of nitrogens with zero attached hydrogens (tertiary/aromatic N) is 1. The van der Waals surface area contributed by atoms with E-state index in [0.29, 0.717) is 26.3 Å². The van der Waals surface area contributed by atoms with E-state index in [0.717, 1.165) is 11.5 Å². The zero-order valence-electron chi connectivity index (χ0n) is 12.0. The molecule has 5 heteroatoms. The molecule has 0 saturated carbocycles. The molecule has 1 amide bonds. The van der Waals surface area contributed by atoms with E-state index in [9.17, 15) is 4.79 Å². The van der Waals surface area contributed by atoms with Crippen LogP contribution in [0.15, 0.2) is 24.3 Å². The molecule has 1 aromatic rings. The Kier molecular flexibility index (Phi) is 5.24. The number of rotatable bonds is 6. The molecule has 2 rings (SSSR count). The molecule has 20 heavy (non-hydrogen) atoms. The highest BCUT2D eigenvalue weighted by Gasteiger charge is 2.24. The molecule has 5 nitrogen and oxygen atoms in total. The van der Waals surface area contributed by atoms with Crippen molar-refractivity contribution in [3.8, 4) is 11.5 Å². The van der Waals surface area contributed by atoms with Gasteiger partial charge in [0, 0.05) is 13.2 Å². The van der Waals surface area contributed by atoms with Crippen LogP contribution < -0.4 is 9.47 Å². The summed E-state index contributed by atoms with van der Waals surface area (Å²) in [6.45, 7) is 6.08. The fraction of sp³-hybridized carbons (Fsp3) is 0.533. The summed E-state index contributed by atoms with van der Waals surface area (Å²) in [5.74, 6) is 1.47. The second-order valence-electron chi connectivity index (χ2n) is 4.57. The molecule has 0 saturated heterocycles. The Labute approximate surface area is 119 Å². The minimum atomic E-state index is -0.143. The number of carbonyl (C=O) groups is 1. The van der Waals surface area contributed by atoms with Crippen LogP contribution in [-0.2, 0) is 9.53 Å². The number of ether oxygens (including phenoxy) is 3. The minimum absolute atomic E-state index is 0.0168. The van der Waals surface area contributed by atoms with Gasteiger partial charge in [0.05, 0.1) is 6.54 Å². The summed E-state index contributed by atoms with van der Waals surface area (Å²) < 4.78 is 16.7. The fourth-order valence-electron chi connectivity index (χ4n) is 2.09. The summed E-state index contributed by atoms with van der Waals surface area (Å²) in [4.78, 5) is 13.7. The van der Waals surface area contributed by atoms with Crippen molar-refractivity contribution in [2.24, 2.45) is 0 Å². The van der Waals surface area contributed by atoms with Crippen molar-refractivity contribution in [1.82, 2.24) is 4.90 Å². The van der Waals surface area contributed by atoms with E-state index in [1.807, 2.05) is 38.1 Å². The van der Waals surface area contributed by atoms with Gasteiger partial charge in [-0.15, -0.1) is 0 Å². The Balaban J connectivity index is 1.91. The first-order valence-electron chi connectivity index (χ1n) is 6.98. The SMILES string of the molecule is CCOCC(=O)N(CC)CC1COc2ccccc2O1. The number of hydrogen-bond donors (Lipinski definition) is 0. The van der Waals surface area contributed by atoms with Crippen molar-refractivity contribution in [3.63, 3.8) is 0 Å². The Morgan fingerprint density at radius 3 is 2.80 bits per heavy atom. The third-order valence-electron chi connectivity index (χ3n) is 3.16. The number of amides is 1. The zero-order valence-corrected chi connectivity index (χ0v) is 12.0. The summed E-state index contributed by atoms with van der Waals surface area (Å²) in [6, 6.07) is 7.57. The van der Waals surface area contributed by atoms with Crippen LogP contribution in [0.3, 0.4) is 0 Å². The van der Waals surface area contributed by atoms with Crippen molar-refractivity contribution in [1.29, 1.82) is 0 Å². The molecule has 110 valence electrons. The van der Waals surface area contributed by atoms with Gasteiger partial charge in [-0.05, 0) is 26.0 Å². The summed E-state index contributed by atoms with van der Waals surface area (Å²) in [6.07, 6.45) is -0.143. The van der Waals surface area contributed by atoms with Crippen molar-refractivity contribution >= 4 is 5.91 Å². The van der Waals surface area contributed by atoms with Gasteiger partial charge >= 0.3 is 0 Å². The molecule has 1 aliphatic rings. The van der Waals surface area contributed by atoms with Crippen LogP contribution in [0.25, 0.3) is 0 Å². The first-order chi connectivity index (χ1) is 9.74. The smallest absolute Gasteiger partial charge is 0.248 e. The summed E-state index contributed by atoms with van der Waals surface area (Å²) in [7, 11) is 0. The molecule has 1 heterocycles. The van der Waals surface area contributed by atoms with Gasteiger partial charge in [-0.25, -0.2) is 0 Å². The Morgan fingerprint density at radius 2 is 2.10 bits per heavy atom. The van der Waals surface area contributed by atoms with Crippen molar-refractivity contribution in [3.05, 3.63) is 24.3 Å². The summed E-state index contributed by atoms with van der Waals surface area (Å²) in [5, 5.41) is 0. The van der Waals surface area contributed by atoms with Crippen LogP contribution >= 0.6 is 0 Å². The van der Waals surface area contributed by atoms with E-state index in [1.165, 1.54) is 0 Å². The van der Waals surface area contributed by atoms with Gasteiger partial charge in [0.2, 0.25) is 5.91 Å². The van der Waals surface area contributed by atoms with Crippen LogP contribution in [0.5, 0.6) is 11.5 Å². The molecule has 0 aromatic heterocycles. The lowest BCUT2D eigenvalue weighted by Crippen LogP contribution is -2.44. The number of para-hydroxylation sites is 2. The van der Waals surface area contributed by atoms with Gasteiger partial charge in [-0.2, -0.15) is 0 Å². The average molecular weight is 279 g/mol. The maximum Gasteiger partial charge on any atom is 0.248 e. The molecular formula is C15H21NO4. The van der Waals surface area contributed by atoms with Crippen LogP contribution in [0.4, 0.5) is 0 Å². The molecular weight excluding hydrogens is 258 g/mol. The highest BCUT2D eigenvalue weighted by Crippen LogP contribution is 2.30. The Morgan fingerprint density at radius 1 is 1.35 bits per heavy atom. The normalized spacial score (nSPS) is 16.8. The number of fused-ring (bicyclic) bond motifs is 1. The predicted octanol–water partition coefficient (Wildman–Crippen LogP) is 1.71. The quantitative estimate of drug-likeness (QED) is 0.795. The molecule has 0 bridgehead atoms. The van der Waals surface area contributed by atoms with Crippen LogP contribution in [0.1, 0.15) is 13.8 Å². The third kappa shape index (κ3) is 3.63. The van der Waals surface area contributed by atoms with Crippen molar-refractivity contribution in [2.45, 2.75) is 20.0 Å². The van der Waals surface area contributed by atoms with Gasteiger partial charge in [0.1, 0.15) is 13.2 Å². The summed E-state index contributed by atoms with van der Waals surface area (Å²) >= 11 is 0. The van der Waals surface area contributed by atoms with E-state index in [4.69, 9.17) is 14.2 Å². The number of carbonyl (C=O) groups excluding carboxylic acids is 1. The topological polar surface area (TPSA) is 48.0 Å². The van der Waals surface area contributed by atoms with E-state index in [-0.39, 0.29) is 18.6 Å². The largest absolute Gasteiger partial charge is 0.486 e. The third-order valence-corrected chi connectivity index (χ3v) is 3.16. The zero-order chi connectivity index (χ0) is 14.4. The number of benzene rings is 1. The monoisotopic (exact) mass is 279 g/mol. The lowest BCUT2D eigenvalue weighted by atomic mass is 10.2. The van der Waals surface area contributed by atoms with Gasteiger partial charge in [0.15, 0.2) is 17.6 Å². The van der Waals surface area contributed by atoms with Gasteiger partial charge < -0.3 is 19.1 Å². The molecule has 1 atom stereocenters. The second-order valence-corrected chi connectivity index (χ2v) is 4.57. The van der Waals surface area contributed by atoms with E-state index >= 15 is 0 Å². The predicted molar refractivity (Wildman–Crippen MR) is 75.1 cm³/mol. The molecule has 1 unspecified atom stereocenters. The molecule has 1 aliphatic heterocycles. The maximum atomic E-state index is 12.0. The minimum Gasteiger partial charge on any atom is -0.486 e. The number of hydrogen-bond acceptors (Lipinski definition) is 4. The van der Waals surface area contributed by atoms with Gasteiger partial charge in [0.25, 0.3) is 0 Å². The van der Waals surface area contributed by atoms with Gasteiger partial charge in [-0.1, -0.05) is 12.1 Å². The van der Waals surface area contributed by atoms with Crippen LogP contribution in [0.2, 0.25) is 0 Å². The number of likely N-dealkylation sites (N-methyl/N-ethyl adjacent to an activating group) is 1. The summed E-state index contributed by atoms with van der Waals surface area (Å²) in [5.41, 5.74) is 0. The Bertz CT molecular complexity index is 449. The lowest BCUT2D eigenvalue weighted by molar-refractivity contribution is -0.137. The van der Waals surface area contributed by atoms with Crippen molar-refractivity contribution in [2.75, 3.05) is 32.9 Å².